The zero-order valence-corrected chi connectivity index (χ0v) is 19.7. The van der Waals surface area contributed by atoms with E-state index in [2.05, 4.69) is 10.3 Å². The number of piperazine rings is 1. The fourth-order valence-corrected chi connectivity index (χ4v) is 4.45. The third-order valence-corrected chi connectivity index (χ3v) is 6.36. The van der Waals surface area contributed by atoms with Gasteiger partial charge in [0.25, 0.3) is 0 Å². The van der Waals surface area contributed by atoms with Gasteiger partial charge in [0.15, 0.2) is 0 Å². The Bertz CT molecular complexity index is 1180. The zero-order valence-electron chi connectivity index (χ0n) is 19.7. The predicted molar refractivity (Wildman–Crippen MR) is 130 cm³/mol. The third-order valence-electron chi connectivity index (χ3n) is 6.36. The second-order valence-electron chi connectivity index (χ2n) is 8.77. The quantitative estimate of drug-likeness (QED) is 0.562. The first-order valence-corrected chi connectivity index (χ1v) is 11.9. The second kappa shape index (κ2) is 10.2. The molecule has 182 valence electrons. The van der Waals surface area contributed by atoms with E-state index in [-0.39, 0.29) is 24.8 Å². The van der Waals surface area contributed by atoms with Crippen molar-refractivity contribution in [1.29, 1.82) is 0 Å². The number of aromatic nitrogens is 2. The van der Waals surface area contributed by atoms with Crippen LogP contribution in [0, 0.1) is 6.92 Å². The van der Waals surface area contributed by atoms with Gasteiger partial charge in [0.05, 0.1) is 25.0 Å². The van der Waals surface area contributed by atoms with Crippen molar-refractivity contribution in [2.24, 2.45) is 0 Å². The summed E-state index contributed by atoms with van der Waals surface area (Å²) in [6, 6.07) is 17.3. The second-order valence-corrected chi connectivity index (χ2v) is 8.77. The number of carbonyl (C=O) groups excluding carboxylic acids is 2. The molecule has 2 aliphatic rings. The molecule has 9 heteroatoms. The van der Waals surface area contributed by atoms with E-state index in [1.807, 2.05) is 61.5 Å². The number of benzene rings is 2. The maximum absolute atomic E-state index is 12.7. The lowest BCUT2D eigenvalue weighted by atomic mass is 10.1. The molecule has 35 heavy (non-hydrogen) atoms. The van der Waals surface area contributed by atoms with Gasteiger partial charge in [0.2, 0.25) is 0 Å². The largest absolute Gasteiger partial charge is 0.494 e. The monoisotopic (exact) mass is 475 g/mol. The molecule has 1 N–H and O–H groups in total. The Kier molecular flexibility index (Phi) is 6.67. The summed E-state index contributed by atoms with van der Waals surface area (Å²) in [5.74, 6) is 1.44. The van der Waals surface area contributed by atoms with Crippen LogP contribution in [0.25, 0.3) is 0 Å². The molecule has 2 amide bonds. The van der Waals surface area contributed by atoms with Gasteiger partial charge in [0, 0.05) is 31.4 Å². The van der Waals surface area contributed by atoms with E-state index in [0.29, 0.717) is 32.1 Å². The van der Waals surface area contributed by atoms with E-state index < -0.39 is 0 Å². The van der Waals surface area contributed by atoms with Gasteiger partial charge in [-0.25, -0.2) is 14.6 Å². The molecule has 5 rings (SSSR count). The number of anilines is 1. The maximum Gasteiger partial charge on any atom is 0.410 e. The van der Waals surface area contributed by atoms with E-state index in [1.165, 1.54) is 0 Å². The standard InChI is InChI=1S/C26H29N5O4/c1-19-28-15-23-17-30(25(32)31(19)23)22-7-9-24(10-8-22)34-14-11-21-16-29(13-12-27-21)26(33)35-18-20-5-3-2-4-6-20/h2-10,15,21,27H,11-14,16-18H2,1H3/t21-/m1/s1. The average molecular weight is 476 g/mol. The molecule has 9 nitrogen and oxygen atoms in total. The number of imidazole rings is 1. The molecule has 0 bridgehead atoms. The lowest BCUT2D eigenvalue weighted by molar-refractivity contribution is 0.0827. The first kappa shape index (κ1) is 22.9. The van der Waals surface area contributed by atoms with Gasteiger partial charge in [-0.2, -0.15) is 0 Å². The molecule has 1 aromatic heterocycles. The highest BCUT2D eigenvalue weighted by molar-refractivity contribution is 5.96. The molecule has 1 fully saturated rings. The Morgan fingerprint density at radius 2 is 1.94 bits per heavy atom. The van der Waals surface area contributed by atoms with Crippen LogP contribution in [0.3, 0.4) is 0 Å². The van der Waals surface area contributed by atoms with Crippen LogP contribution in [0.4, 0.5) is 15.3 Å². The summed E-state index contributed by atoms with van der Waals surface area (Å²) >= 11 is 0. The number of carbonyl (C=O) groups is 2. The lowest BCUT2D eigenvalue weighted by Crippen LogP contribution is -2.53. The van der Waals surface area contributed by atoms with Crippen LogP contribution >= 0.6 is 0 Å². The molecule has 3 heterocycles. The summed E-state index contributed by atoms with van der Waals surface area (Å²) in [6.07, 6.45) is 2.22. The number of nitrogens with zero attached hydrogens (tertiary/aromatic N) is 4. The van der Waals surface area contributed by atoms with Gasteiger partial charge in [-0.3, -0.25) is 9.47 Å². The average Bonchev–Trinajstić information content (AvgIpc) is 3.43. The number of hydrogen-bond acceptors (Lipinski definition) is 6. The number of ether oxygens (including phenoxy) is 2. The molecule has 2 aliphatic heterocycles. The fraction of sp³-hybridized carbons (Fsp3) is 0.346. The van der Waals surface area contributed by atoms with E-state index >= 15 is 0 Å². The number of amides is 2. The van der Waals surface area contributed by atoms with Crippen molar-refractivity contribution in [3.63, 3.8) is 0 Å². The third kappa shape index (κ3) is 5.14. The summed E-state index contributed by atoms with van der Waals surface area (Å²) in [6.45, 7) is 5.07. The van der Waals surface area contributed by atoms with Crippen LogP contribution in [0.15, 0.2) is 60.8 Å². The number of nitrogens with one attached hydrogen (secondary N) is 1. The Hall–Kier alpha value is -3.85. The fourth-order valence-electron chi connectivity index (χ4n) is 4.45. The van der Waals surface area contributed by atoms with Crippen molar-refractivity contribution in [2.75, 3.05) is 31.1 Å². The Balaban J connectivity index is 1.07. The smallest absolute Gasteiger partial charge is 0.410 e. The normalized spacial score (nSPS) is 17.4. The SMILES string of the molecule is Cc1ncc2n1C(=O)N(c1ccc(OCC[C@@H]3CN(C(=O)OCc4ccccc4)CCN3)cc1)C2. The van der Waals surface area contributed by atoms with Crippen LogP contribution in [0.1, 0.15) is 23.5 Å². The Labute approximate surface area is 204 Å². The first-order chi connectivity index (χ1) is 17.1. The van der Waals surface area contributed by atoms with Crippen LogP contribution < -0.4 is 15.0 Å². The first-order valence-electron chi connectivity index (χ1n) is 11.9. The van der Waals surface area contributed by atoms with Gasteiger partial charge < -0.3 is 19.7 Å². The van der Waals surface area contributed by atoms with Crippen molar-refractivity contribution < 1.29 is 19.1 Å². The highest BCUT2D eigenvalue weighted by Crippen LogP contribution is 2.27. The molecule has 2 aromatic carbocycles. The molecule has 0 radical (unpaired) electrons. The van der Waals surface area contributed by atoms with Crippen molar-refractivity contribution in [3.8, 4) is 5.75 Å². The summed E-state index contributed by atoms with van der Waals surface area (Å²) < 4.78 is 13.0. The van der Waals surface area contributed by atoms with Crippen molar-refractivity contribution in [1.82, 2.24) is 19.8 Å². The Morgan fingerprint density at radius 3 is 2.71 bits per heavy atom. The number of aryl methyl sites for hydroxylation is 1. The van der Waals surface area contributed by atoms with Crippen LogP contribution in [-0.2, 0) is 17.9 Å². The van der Waals surface area contributed by atoms with Gasteiger partial charge in [-0.15, -0.1) is 0 Å². The van der Waals surface area contributed by atoms with Gasteiger partial charge in [0.1, 0.15) is 18.2 Å². The minimum atomic E-state index is -0.286. The molecule has 0 spiro atoms. The molecule has 3 aromatic rings. The molecule has 1 saturated heterocycles. The van der Waals surface area contributed by atoms with Crippen molar-refractivity contribution in [3.05, 3.63) is 77.9 Å². The zero-order chi connectivity index (χ0) is 24.2. The molecule has 0 saturated carbocycles. The highest BCUT2D eigenvalue weighted by Gasteiger charge is 2.30. The molecular formula is C26H29N5O4. The summed E-state index contributed by atoms with van der Waals surface area (Å²) in [5, 5.41) is 3.44. The maximum atomic E-state index is 12.7. The van der Waals surface area contributed by atoms with E-state index in [4.69, 9.17) is 9.47 Å². The summed E-state index contributed by atoms with van der Waals surface area (Å²) in [5.41, 5.74) is 2.69. The predicted octanol–water partition coefficient (Wildman–Crippen LogP) is 3.56. The van der Waals surface area contributed by atoms with Gasteiger partial charge in [-0.1, -0.05) is 30.3 Å². The van der Waals surface area contributed by atoms with Crippen LogP contribution in [-0.4, -0.2) is 58.9 Å². The lowest BCUT2D eigenvalue weighted by Gasteiger charge is -2.33. The topological polar surface area (TPSA) is 88.9 Å². The minimum Gasteiger partial charge on any atom is -0.494 e. The molecule has 0 unspecified atom stereocenters. The van der Waals surface area contributed by atoms with Gasteiger partial charge >= 0.3 is 12.1 Å². The van der Waals surface area contributed by atoms with Crippen LogP contribution in [0.5, 0.6) is 5.75 Å². The Morgan fingerprint density at radius 1 is 1.14 bits per heavy atom. The highest BCUT2D eigenvalue weighted by atomic mass is 16.6. The van der Waals surface area contributed by atoms with E-state index in [0.717, 1.165) is 35.7 Å². The summed E-state index contributed by atoms with van der Waals surface area (Å²) in [4.78, 5) is 32.8. The molecule has 0 aliphatic carbocycles. The van der Waals surface area contributed by atoms with E-state index in [9.17, 15) is 9.59 Å². The molecule has 1 atom stereocenters. The van der Waals surface area contributed by atoms with Crippen molar-refractivity contribution in [2.45, 2.75) is 32.5 Å². The van der Waals surface area contributed by atoms with E-state index in [1.54, 1.807) is 20.6 Å². The number of hydrogen-bond donors (Lipinski definition) is 1. The van der Waals surface area contributed by atoms with Crippen LogP contribution in [0.2, 0.25) is 0 Å². The van der Waals surface area contributed by atoms with Crippen molar-refractivity contribution >= 4 is 17.8 Å². The number of rotatable bonds is 7. The van der Waals surface area contributed by atoms with Gasteiger partial charge in [-0.05, 0) is 43.2 Å². The number of fused-ring (bicyclic) bond motifs is 1. The minimum absolute atomic E-state index is 0.0844. The molecular weight excluding hydrogens is 446 g/mol. The summed E-state index contributed by atoms with van der Waals surface area (Å²) in [7, 11) is 0.